The Morgan fingerprint density at radius 1 is 1.32 bits per heavy atom. The lowest BCUT2D eigenvalue weighted by Gasteiger charge is -2.07. The Kier molecular flexibility index (Phi) is 5.10. The molecular formula is C14H18BrN3O. The summed E-state index contributed by atoms with van der Waals surface area (Å²) in [4.78, 5) is 4.42. The normalized spacial score (nSPS) is 12.6. The molecule has 5 heteroatoms. The molecule has 0 aliphatic carbocycles. The molecule has 2 N–H and O–H groups in total. The van der Waals surface area contributed by atoms with Crippen LogP contribution in [0.4, 0.5) is 0 Å². The van der Waals surface area contributed by atoms with Gasteiger partial charge in [0.2, 0.25) is 5.89 Å². The average Bonchev–Trinajstić information content (AvgIpc) is 2.86. The molecule has 0 aliphatic rings. The summed E-state index contributed by atoms with van der Waals surface area (Å²) in [7, 11) is 0. The van der Waals surface area contributed by atoms with Crippen molar-refractivity contribution in [1.82, 2.24) is 10.1 Å². The molecule has 0 aliphatic heterocycles. The van der Waals surface area contributed by atoms with E-state index in [9.17, 15) is 0 Å². The first-order chi connectivity index (χ1) is 9.21. The second kappa shape index (κ2) is 6.82. The lowest BCUT2D eigenvalue weighted by atomic mass is 10.0. The number of aromatic nitrogens is 2. The Morgan fingerprint density at radius 2 is 2.05 bits per heavy atom. The summed E-state index contributed by atoms with van der Waals surface area (Å²) in [5.74, 6) is 1.83. The molecule has 1 aromatic heterocycles. The number of rotatable bonds is 6. The largest absolute Gasteiger partial charge is 0.339 e. The van der Waals surface area contributed by atoms with Crippen molar-refractivity contribution >= 4 is 15.9 Å². The van der Waals surface area contributed by atoms with E-state index in [4.69, 9.17) is 10.3 Å². The summed E-state index contributed by atoms with van der Waals surface area (Å²) >= 11 is 3.42. The van der Waals surface area contributed by atoms with Crippen molar-refractivity contribution in [2.24, 2.45) is 11.7 Å². The van der Waals surface area contributed by atoms with Gasteiger partial charge in [-0.05, 0) is 30.2 Å². The molecule has 1 heterocycles. The lowest BCUT2D eigenvalue weighted by molar-refractivity contribution is 0.347. The minimum atomic E-state index is 0.418. The minimum Gasteiger partial charge on any atom is -0.339 e. The smallest absolute Gasteiger partial charge is 0.226 e. The zero-order chi connectivity index (χ0) is 13.7. The summed E-state index contributed by atoms with van der Waals surface area (Å²) in [5.41, 5.74) is 6.85. The molecule has 0 radical (unpaired) electrons. The molecule has 2 rings (SSSR count). The molecule has 1 aromatic carbocycles. The van der Waals surface area contributed by atoms with Crippen LogP contribution in [0, 0.1) is 5.92 Å². The fourth-order valence-electron chi connectivity index (χ4n) is 1.87. The van der Waals surface area contributed by atoms with Crippen LogP contribution in [0.3, 0.4) is 0 Å². The second-order valence-corrected chi connectivity index (χ2v) is 5.54. The molecule has 0 spiro atoms. The van der Waals surface area contributed by atoms with Gasteiger partial charge in [-0.3, -0.25) is 0 Å². The van der Waals surface area contributed by atoms with Crippen LogP contribution in [0.5, 0.6) is 0 Å². The molecule has 2 aromatic rings. The predicted molar refractivity (Wildman–Crippen MR) is 77.8 cm³/mol. The first-order valence-corrected chi connectivity index (χ1v) is 7.26. The third-order valence-corrected chi connectivity index (χ3v) is 3.69. The third kappa shape index (κ3) is 4.14. The zero-order valence-corrected chi connectivity index (χ0v) is 12.6. The van der Waals surface area contributed by atoms with Crippen molar-refractivity contribution in [1.29, 1.82) is 0 Å². The van der Waals surface area contributed by atoms with Crippen LogP contribution in [0.25, 0.3) is 0 Å². The molecule has 0 bridgehead atoms. The van der Waals surface area contributed by atoms with Crippen molar-refractivity contribution in [3.63, 3.8) is 0 Å². The van der Waals surface area contributed by atoms with Gasteiger partial charge >= 0.3 is 0 Å². The third-order valence-electron chi connectivity index (χ3n) is 3.16. The van der Waals surface area contributed by atoms with Gasteiger partial charge in [0, 0.05) is 17.3 Å². The van der Waals surface area contributed by atoms with E-state index in [-0.39, 0.29) is 0 Å². The Morgan fingerprint density at radius 3 is 2.68 bits per heavy atom. The first kappa shape index (κ1) is 14.2. The van der Waals surface area contributed by atoms with Gasteiger partial charge in [-0.25, -0.2) is 0 Å². The molecule has 1 atom stereocenters. The maximum absolute atomic E-state index is 5.68. The van der Waals surface area contributed by atoms with Gasteiger partial charge in [-0.15, -0.1) is 0 Å². The Bertz CT molecular complexity index is 506. The van der Waals surface area contributed by atoms with Crippen molar-refractivity contribution < 1.29 is 4.52 Å². The lowest BCUT2D eigenvalue weighted by Crippen LogP contribution is -2.16. The van der Waals surface area contributed by atoms with Crippen molar-refractivity contribution in [3.8, 4) is 0 Å². The van der Waals surface area contributed by atoms with Crippen LogP contribution in [0.1, 0.15) is 30.6 Å². The topological polar surface area (TPSA) is 64.9 Å². The van der Waals surface area contributed by atoms with E-state index >= 15 is 0 Å². The molecular weight excluding hydrogens is 306 g/mol. The zero-order valence-electron chi connectivity index (χ0n) is 11.0. The maximum atomic E-state index is 5.68. The van der Waals surface area contributed by atoms with Crippen LogP contribution in [-0.2, 0) is 12.8 Å². The number of hydrogen-bond acceptors (Lipinski definition) is 4. The first-order valence-electron chi connectivity index (χ1n) is 6.47. The van der Waals surface area contributed by atoms with Crippen LogP contribution >= 0.6 is 15.9 Å². The Hall–Kier alpha value is -1.20. The summed E-state index contributed by atoms with van der Waals surface area (Å²) in [5, 5.41) is 4.02. The van der Waals surface area contributed by atoms with E-state index in [0.717, 1.165) is 23.1 Å². The van der Waals surface area contributed by atoms with Crippen LogP contribution in [0.15, 0.2) is 33.3 Å². The number of nitrogens with two attached hydrogens (primary N) is 1. The van der Waals surface area contributed by atoms with Crippen LogP contribution in [-0.4, -0.2) is 16.7 Å². The number of benzene rings is 1. The van der Waals surface area contributed by atoms with Crippen LogP contribution < -0.4 is 5.73 Å². The quantitative estimate of drug-likeness (QED) is 0.887. The molecule has 0 fully saturated rings. The van der Waals surface area contributed by atoms with Crippen LogP contribution in [0.2, 0.25) is 0 Å². The van der Waals surface area contributed by atoms with E-state index in [1.54, 1.807) is 0 Å². The molecule has 0 amide bonds. The van der Waals surface area contributed by atoms with Crippen molar-refractivity contribution in [3.05, 3.63) is 46.0 Å². The van der Waals surface area contributed by atoms with Gasteiger partial charge in [-0.2, -0.15) is 4.98 Å². The Balaban J connectivity index is 1.99. The highest BCUT2D eigenvalue weighted by molar-refractivity contribution is 9.10. The molecule has 0 saturated heterocycles. The highest BCUT2D eigenvalue weighted by atomic mass is 79.9. The molecule has 0 saturated carbocycles. The van der Waals surface area contributed by atoms with E-state index in [0.29, 0.717) is 24.8 Å². The number of nitrogens with zero attached hydrogens (tertiary/aromatic N) is 2. The van der Waals surface area contributed by atoms with Crippen molar-refractivity contribution in [2.45, 2.75) is 26.2 Å². The summed E-state index contributed by atoms with van der Waals surface area (Å²) in [6.45, 7) is 2.78. The molecule has 102 valence electrons. The predicted octanol–water partition coefficient (Wildman–Crippen LogP) is 2.95. The minimum absolute atomic E-state index is 0.418. The van der Waals surface area contributed by atoms with E-state index in [2.05, 4.69) is 45.1 Å². The van der Waals surface area contributed by atoms with Gasteiger partial charge in [-0.1, -0.05) is 46.6 Å². The maximum Gasteiger partial charge on any atom is 0.226 e. The molecule has 1 unspecified atom stereocenters. The highest BCUT2D eigenvalue weighted by Crippen LogP contribution is 2.14. The van der Waals surface area contributed by atoms with E-state index in [1.165, 1.54) is 5.56 Å². The summed E-state index contributed by atoms with van der Waals surface area (Å²) < 4.78 is 6.34. The van der Waals surface area contributed by atoms with Gasteiger partial charge in [0.25, 0.3) is 0 Å². The van der Waals surface area contributed by atoms with Gasteiger partial charge in [0.05, 0.1) is 0 Å². The fourth-order valence-corrected chi connectivity index (χ4v) is 2.14. The van der Waals surface area contributed by atoms with E-state index < -0.39 is 0 Å². The number of halogens is 1. The van der Waals surface area contributed by atoms with Gasteiger partial charge in [0.1, 0.15) is 0 Å². The second-order valence-electron chi connectivity index (χ2n) is 4.62. The van der Waals surface area contributed by atoms with Gasteiger partial charge < -0.3 is 10.3 Å². The van der Waals surface area contributed by atoms with Crippen molar-refractivity contribution in [2.75, 3.05) is 6.54 Å². The monoisotopic (exact) mass is 323 g/mol. The van der Waals surface area contributed by atoms with Gasteiger partial charge in [0.15, 0.2) is 5.82 Å². The highest BCUT2D eigenvalue weighted by Gasteiger charge is 2.12. The average molecular weight is 324 g/mol. The Labute approximate surface area is 121 Å². The number of hydrogen-bond donors (Lipinski definition) is 1. The standard InChI is InChI=1S/C14H18BrN3O/c1-2-10(9-16)8-14-17-13(18-19-14)7-11-3-5-12(15)6-4-11/h3-6,10H,2,7-9,16H2,1H3. The summed E-state index contributed by atoms with van der Waals surface area (Å²) in [6.07, 6.45) is 2.48. The molecule has 19 heavy (non-hydrogen) atoms. The fraction of sp³-hybridized carbons (Fsp3) is 0.429. The molecule has 4 nitrogen and oxygen atoms in total. The summed E-state index contributed by atoms with van der Waals surface area (Å²) in [6, 6.07) is 8.12. The SMILES string of the molecule is CCC(CN)Cc1nc(Cc2ccc(Br)cc2)no1. The van der Waals surface area contributed by atoms with E-state index in [1.807, 2.05) is 12.1 Å².